The van der Waals surface area contributed by atoms with Crippen LogP contribution in [0.3, 0.4) is 0 Å². The lowest BCUT2D eigenvalue weighted by molar-refractivity contribution is 0.0951. The first kappa shape index (κ1) is 15.1. The molecule has 118 valence electrons. The molecule has 1 aliphatic carbocycles. The van der Waals surface area contributed by atoms with Gasteiger partial charge in [-0.15, -0.1) is 0 Å². The van der Waals surface area contributed by atoms with Gasteiger partial charge in [0.15, 0.2) is 0 Å². The number of amides is 1. The molecule has 0 radical (unpaired) electrons. The maximum Gasteiger partial charge on any atom is 0.253 e. The van der Waals surface area contributed by atoms with Crippen molar-refractivity contribution in [2.75, 3.05) is 6.54 Å². The molecule has 0 atom stereocenters. The van der Waals surface area contributed by atoms with Crippen LogP contribution in [0, 0.1) is 11.7 Å². The minimum Gasteiger partial charge on any atom is -0.352 e. The number of aryl methyl sites for hydroxylation is 1. The topological polar surface area (TPSA) is 34.0 Å². The molecule has 22 heavy (non-hydrogen) atoms. The fourth-order valence-electron chi connectivity index (χ4n) is 3.53. The number of carbonyl (C=O) groups excluding carboxylic acids is 1. The first-order chi connectivity index (χ1) is 10.7. The first-order valence-electron chi connectivity index (χ1n) is 8.18. The summed E-state index contributed by atoms with van der Waals surface area (Å²) in [5.41, 5.74) is 1.18. The van der Waals surface area contributed by atoms with Crippen molar-refractivity contribution in [2.45, 2.75) is 38.5 Å². The average Bonchev–Trinajstić information content (AvgIpc) is 2.87. The quantitative estimate of drug-likeness (QED) is 0.909. The summed E-state index contributed by atoms with van der Waals surface area (Å²) in [4.78, 5) is 12.4. The van der Waals surface area contributed by atoms with Crippen LogP contribution in [0.2, 0.25) is 0 Å². The SMILES string of the molecule is Cn1cc(C(=O)NCCC2CCCCC2)c2c(F)cccc21. The van der Waals surface area contributed by atoms with Crippen LogP contribution in [0.4, 0.5) is 4.39 Å². The van der Waals surface area contributed by atoms with Gasteiger partial charge in [-0.05, 0) is 24.5 Å². The predicted molar refractivity (Wildman–Crippen MR) is 86.4 cm³/mol. The van der Waals surface area contributed by atoms with E-state index in [9.17, 15) is 9.18 Å². The molecular weight excluding hydrogens is 279 g/mol. The summed E-state index contributed by atoms with van der Waals surface area (Å²) in [6.07, 6.45) is 9.26. The van der Waals surface area contributed by atoms with Gasteiger partial charge in [-0.1, -0.05) is 38.2 Å². The van der Waals surface area contributed by atoms with Gasteiger partial charge in [0.1, 0.15) is 5.82 Å². The highest BCUT2D eigenvalue weighted by Gasteiger charge is 2.18. The Hall–Kier alpha value is -1.84. The lowest BCUT2D eigenvalue weighted by atomic mass is 9.87. The lowest BCUT2D eigenvalue weighted by Crippen LogP contribution is -2.26. The van der Waals surface area contributed by atoms with Gasteiger partial charge in [0, 0.05) is 25.2 Å². The average molecular weight is 302 g/mol. The zero-order valence-electron chi connectivity index (χ0n) is 13.1. The molecule has 1 saturated carbocycles. The predicted octanol–water partition coefficient (Wildman–Crippen LogP) is 4.02. The molecule has 0 aliphatic heterocycles. The van der Waals surface area contributed by atoms with E-state index in [1.165, 1.54) is 38.2 Å². The van der Waals surface area contributed by atoms with Crippen LogP contribution in [0.25, 0.3) is 10.9 Å². The fraction of sp³-hybridized carbons (Fsp3) is 0.500. The van der Waals surface area contributed by atoms with E-state index in [2.05, 4.69) is 5.32 Å². The van der Waals surface area contributed by atoms with Crippen LogP contribution in [0.15, 0.2) is 24.4 Å². The highest BCUT2D eigenvalue weighted by molar-refractivity contribution is 6.07. The maximum atomic E-state index is 14.0. The summed E-state index contributed by atoms with van der Waals surface area (Å²) in [5, 5.41) is 3.38. The molecule has 0 spiro atoms. The molecule has 1 amide bonds. The molecule has 1 N–H and O–H groups in total. The van der Waals surface area contributed by atoms with E-state index in [1.54, 1.807) is 16.8 Å². The Balaban J connectivity index is 1.67. The van der Waals surface area contributed by atoms with Crippen molar-refractivity contribution in [1.29, 1.82) is 0 Å². The van der Waals surface area contributed by atoms with Gasteiger partial charge in [-0.25, -0.2) is 4.39 Å². The number of nitrogens with one attached hydrogen (secondary N) is 1. The Labute approximate surface area is 130 Å². The Kier molecular flexibility index (Phi) is 4.46. The molecule has 1 fully saturated rings. The van der Waals surface area contributed by atoms with Crippen molar-refractivity contribution in [3.63, 3.8) is 0 Å². The van der Waals surface area contributed by atoms with E-state index in [1.807, 2.05) is 13.1 Å². The molecular formula is C18H23FN2O. The molecule has 0 bridgehead atoms. The number of benzene rings is 1. The van der Waals surface area contributed by atoms with Crippen LogP contribution in [-0.2, 0) is 7.05 Å². The molecule has 4 heteroatoms. The first-order valence-corrected chi connectivity index (χ1v) is 8.18. The zero-order chi connectivity index (χ0) is 15.5. The van der Waals surface area contributed by atoms with E-state index in [0.29, 0.717) is 17.5 Å². The number of hydrogen-bond acceptors (Lipinski definition) is 1. The number of hydrogen-bond donors (Lipinski definition) is 1. The Morgan fingerprint density at radius 3 is 2.86 bits per heavy atom. The molecule has 0 saturated heterocycles. The van der Waals surface area contributed by atoms with Crippen LogP contribution in [-0.4, -0.2) is 17.0 Å². The van der Waals surface area contributed by atoms with Crippen LogP contribution in [0.5, 0.6) is 0 Å². The minimum absolute atomic E-state index is 0.175. The highest BCUT2D eigenvalue weighted by atomic mass is 19.1. The van der Waals surface area contributed by atoms with Gasteiger partial charge >= 0.3 is 0 Å². The van der Waals surface area contributed by atoms with Crippen molar-refractivity contribution in [2.24, 2.45) is 13.0 Å². The number of halogens is 1. The summed E-state index contributed by atoms with van der Waals surface area (Å²) in [5.74, 6) is 0.223. The molecule has 1 heterocycles. The van der Waals surface area contributed by atoms with Crippen LogP contribution >= 0.6 is 0 Å². The van der Waals surface area contributed by atoms with Gasteiger partial charge in [0.2, 0.25) is 0 Å². The molecule has 0 unspecified atom stereocenters. The summed E-state index contributed by atoms with van der Waals surface area (Å²) < 4.78 is 15.8. The summed E-state index contributed by atoms with van der Waals surface area (Å²) in [7, 11) is 1.83. The second kappa shape index (κ2) is 6.51. The van der Waals surface area contributed by atoms with Crippen molar-refractivity contribution in [3.8, 4) is 0 Å². The van der Waals surface area contributed by atoms with Gasteiger partial charge in [-0.3, -0.25) is 4.79 Å². The Morgan fingerprint density at radius 2 is 2.09 bits per heavy atom. The van der Waals surface area contributed by atoms with E-state index < -0.39 is 0 Å². The Bertz CT molecular complexity index is 671. The van der Waals surface area contributed by atoms with E-state index in [-0.39, 0.29) is 11.7 Å². The Morgan fingerprint density at radius 1 is 1.32 bits per heavy atom. The third kappa shape index (κ3) is 3.01. The number of nitrogens with zero attached hydrogens (tertiary/aromatic N) is 1. The van der Waals surface area contributed by atoms with E-state index in [0.717, 1.165) is 17.9 Å². The normalized spacial score (nSPS) is 16.1. The van der Waals surface area contributed by atoms with Gasteiger partial charge in [-0.2, -0.15) is 0 Å². The third-order valence-corrected chi connectivity index (χ3v) is 4.77. The lowest BCUT2D eigenvalue weighted by Gasteiger charge is -2.21. The second-order valence-corrected chi connectivity index (χ2v) is 6.34. The van der Waals surface area contributed by atoms with Crippen molar-refractivity contribution < 1.29 is 9.18 Å². The van der Waals surface area contributed by atoms with Crippen molar-refractivity contribution >= 4 is 16.8 Å². The smallest absolute Gasteiger partial charge is 0.253 e. The van der Waals surface area contributed by atoms with Gasteiger partial charge in [0.25, 0.3) is 5.91 Å². The van der Waals surface area contributed by atoms with Crippen molar-refractivity contribution in [3.05, 3.63) is 35.8 Å². The maximum absolute atomic E-state index is 14.0. The number of carbonyl (C=O) groups is 1. The zero-order valence-corrected chi connectivity index (χ0v) is 13.1. The standard InChI is InChI=1S/C18H23FN2O/c1-21-12-14(17-15(19)8-5-9-16(17)21)18(22)20-11-10-13-6-3-2-4-7-13/h5,8-9,12-13H,2-4,6-7,10-11H2,1H3,(H,20,22). The van der Waals surface area contributed by atoms with E-state index in [4.69, 9.17) is 0 Å². The largest absolute Gasteiger partial charge is 0.352 e. The molecule has 1 aromatic carbocycles. The molecule has 3 nitrogen and oxygen atoms in total. The summed E-state index contributed by atoms with van der Waals surface area (Å²) in [6.45, 7) is 0.675. The number of rotatable bonds is 4. The number of aromatic nitrogens is 1. The molecule has 1 aromatic heterocycles. The monoisotopic (exact) mass is 302 g/mol. The van der Waals surface area contributed by atoms with E-state index >= 15 is 0 Å². The highest BCUT2D eigenvalue weighted by Crippen LogP contribution is 2.26. The summed E-state index contributed by atoms with van der Waals surface area (Å²) >= 11 is 0. The van der Waals surface area contributed by atoms with Gasteiger partial charge < -0.3 is 9.88 Å². The fourth-order valence-corrected chi connectivity index (χ4v) is 3.53. The second-order valence-electron chi connectivity index (χ2n) is 6.34. The molecule has 3 rings (SSSR count). The van der Waals surface area contributed by atoms with Crippen LogP contribution in [0.1, 0.15) is 48.9 Å². The van der Waals surface area contributed by atoms with Crippen molar-refractivity contribution in [1.82, 2.24) is 9.88 Å². The van der Waals surface area contributed by atoms with Crippen LogP contribution < -0.4 is 5.32 Å². The molecule has 1 aliphatic rings. The minimum atomic E-state index is -0.337. The van der Waals surface area contributed by atoms with Gasteiger partial charge in [0.05, 0.1) is 11.1 Å². The summed E-state index contributed by atoms with van der Waals surface area (Å²) in [6, 6.07) is 4.90. The number of fused-ring (bicyclic) bond motifs is 1. The molecule has 2 aromatic rings. The third-order valence-electron chi connectivity index (χ3n) is 4.77.